The molecule has 0 radical (unpaired) electrons. The number of halogens is 2. The third kappa shape index (κ3) is 6.38. The number of carbonyl (C=O) groups excluding carboxylic acids is 1. The summed E-state index contributed by atoms with van der Waals surface area (Å²) in [5, 5.41) is 1.01. The van der Waals surface area contributed by atoms with Gasteiger partial charge in [0, 0.05) is 12.5 Å². The number of unbranched alkanes of at least 4 members (excludes halogenated alkanes) is 3. The summed E-state index contributed by atoms with van der Waals surface area (Å²) in [5.41, 5.74) is 0. The van der Waals surface area contributed by atoms with Crippen molar-refractivity contribution in [2.45, 2.75) is 44.8 Å². The van der Waals surface area contributed by atoms with Gasteiger partial charge in [-0.3, -0.25) is 0 Å². The highest BCUT2D eigenvalue weighted by Crippen LogP contribution is 2.34. The molecular formula is C17H22Cl2O5. The van der Waals surface area contributed by atoms with Crippen LogP contribution in [0.15, 0.2) is 18.2 Å². The van der Waals surface area contributed by atoms with Crippen molar-refractivity contribution in [2.24, 2.45) is 0 Å². The fourth-order valence-corrected chi connectivity index (χ4v) is 2.53. The van der Waals surface area contributed by atoms with Crippen molar-refractivity contribution in [1.82, 2.24) is 0 Å². The van der Waals surface area contributed by atoms with E-state index >= 15 is 0 Å². The SMILES string of the molecule is CCOC(=O)OC1(CCCCCCOc2ccc(Cl)c(Cl)c2)CO1. The average molecular weight is 377 g/mol. The molecule has 134 valence electrons. The highest BCUT2D eigenvalue weighted by molar-refractivity contribution is 6.42. The molecule has 1 heterocycles. The van der Waals surface area contributed by atoms with Crippen LogP contribution in [0.3, 0.4) is 0 Å². The standard InChI is InChI=1S/C17H22Cl2O5/c1-2-21-16(20)24-17(12-23-17)9-5-3-4-6-10-22-13-7-8-14(18)15(19)11-13/h7-8,11H,2-6,9-10,12H2,1H3. The molecule has 1 aliphatic heterocycles. The molecule has 24 heavy (non-hydrogen) atoms. The van der Waals surface area contributed by atoms with E-state index in [1.807, 2.05) is 0 Å². The minimum absolute atomic E-state index is 0.299. The quantitative estimate of drug-likeness (QED) is 0.318. The first-order chi connectivity index (χ1) is 11.5. The minimum Gasteiger partial charge on any atom is -0.494 e. The zero-order chi connectivity index (χ0) is 17.4. The van der Waals surface area contributed by atoms with Crippen LogP contribution in [-0.2, 0) is 14.2 Å². The van der Waals surface area contributed by atoms with Crippen LogP contribution in [-0.4, -0.2) is 31.8 Å². The van der Waals surface area contributed by atoms with Gasteiger partial charge in [0.2, 0.25) is 5.79 Å². The van der Waals surface area contributed by atoms with Crippen LogP contribution in [0, 0.1) is 0 Å². The van der Waals surface area contributed by atoms with Gasteiger partial charge in [-0.1, -0.05) is 36.0 Å². The van der Waals surface area contributed by atoms with E-state index in [0.29, 0.717) is 36.3 Å². The molecule has 0 saturated carbocycles. The molecule has 7 heteroatoms. The van der Waals surface area contributed by atoms with Crippen molar-refractivity contribution < 1.29 is 23.7 Å². The van der Waals surface area contributed by atoms with Gasteiger partial charge in [0.25, 0.3) is 0 Å². The summed E-state index contributed by atoms with van der Waals surface area (Å²) >= 11 is 11.8. The topological polar surface area (TPSA) is 57.3 Å². The Morgan fingerprint density at radius 1 is 1.21 bits per heavy atom. The fourth-order valence-electron chi connectivity index (χ4n) is 2.24. The van der Waals surface area contributed by atoms with Gasteiger partial charge in [0.05, 0.1) is 23.3 Å². The van der Waals surface area contributed by atoms with E-state index in [-0.39, 0.29) is 0 Å². The predicted octanol–water partition coefficient (Wildman–Crippen LogP) is 5.22. The van der Waals surface area contributed by atoms with Crippen molar-refractivity contribution in [3.8, 4) is 5.75 Å². The lowest BCUT2D eigenvalue weighted by molar-refractivity contribution is -0.0381. The first kappa shape index (κ1) is 19.2. The fraction of sp³-hybridized carbons (Fsp3) is 0.588. The monoisotopic (exact) mass is 376 g/mol. The molecule has 1 unspecified atom stereocenters. The molecule has 1 aromatic carbocycles. The number of hydrogen-bond acceptors (Lipinski definition) is 5. The zero-order valence-corrected chi connectivity index (χ0v) is 15.2. The summed E-state index contributed by atoms with van der Waals surface area (Å²) in [4.78, 5) is 11.3. The van der Waals surface area contributed by atoms with Gasteiger partial charge in [-0.25, -0.2) is 4.79 Å². The van der Waals surface area contributed by atoms with Gasteiger partial charge in [0.15, 0.2) is 0 Å². The summed E-state index contributed by atoms with van der Waals surface area (Å²) in [6, 6.07) is 5.23. The number of carbonyl (C=O) groups is 1. The van der Waals surface area contributed by atoms with Crippen LogP contribution in [0.1, 0.15) is 39.0 Å². The van der Waals surface area contributed by atoms with Crippen LogP contribution < -0.4 is 4.74 Å². The van der Waals surface area contributed by atoms with Crippen LogP contribution in [0.4, 0.5) is 4.79 Å². The van der Waals surface area contributed by atoms with Crippen LogP contribution in [0.5, 0.6) is 5.75 Å². The Hall–Kier alpha value is -1.17. The molecular weight excluding hydrogens is 355 g/mol. The van der Waals surface area contributed by atoms with Crippen molar-refractivity contribution in [3.05, 3.63) is 28.2 Å². The Morgan fingerprint density at radius 3 is 2.62 bits per heavy atom. The molecule has 1 atom stereocenters. The third-order valence-corrected chi connectivity index (χ3v) is 4.35. The molecule has 0 amide bonds. The van der Waals surface area contributed by atoms with E-state index in [4.69, 9.17) is 42.1 Å². The summed E-state index contributed by atoms with van der Waals surface area (Å²) < 4.78 is 20.8. The average Bonchev–Trinajstić information content (AvgIpc) is 3.29. The maximum Gasteiger partial charge on any atom is 0.510 e. The Kier molecular flexibility index (Phi) is 7.46. The number of hydrogen-bond donors (Lipinski definition) is 0. The molecule has 1 aliphatic rings. The van der Waals surface area contributed by atoms with Crippen molar-refractivity contribution in [1.29, 1.82) is 0 Å². The summed E-state index contributed by atoms with van der Waals surface area (Å²) in [6.45, 7) is 3.11. The van der Waals surface area contributed by atoms with Crippen LogP contribution in [0.2, 0.25) is 10.0 Å². The van der Waals surface area contributed by atoms with Gasteiger partial charge in [-0.05, 0) is 31.9 Å². The first-order valence-electron chi connectivity index (χ1n) is 8.12. The van der Waals surface area contributed by atoms with Gasteiger partial charge >= 0.3 is 6.16 Å². The number of benzene rings is 1. The van der Waals surface area contributed by atoms with E-state index in [9.17, 15) is 4.79 Å². The normalized spacial score (nSPS) is 19.0. The third-order valence-electron chi connectivity index (χ3n) is 3.61. The van der Waals surface area contributed by atoms with E-state index in [2.05, 4.69) is 0 Å². The van der Waals surface area contributed by atoms with Crippen molar-refractivity contribution in [2.75, 3.05) is 19.8 Å². The molecule has 1 aromatic rings. The Balaban J connectivity index is 1.52. The zero-order valence-electron chi connectivity index (χ0n) is 13.7. The van der Waals surface area contributed by atoms with E-state index < -0.39 is 11.9 Å². The highest BCUT2D eigenvalue weighted by atomic mass is 35.5. The Bertz CT molecular complexity index is 546. The van der Waals surface area contributed by atoms with Crippen molar-refractivity contribution in [3.63, 3.8) is 0 Å². The lowest BCUT2D eigenvalue weighted by atomic mass is 10.1. The minimum atomic E-state index is -0.747. The lowest BCUT2D eigenvalue weighted by Gasteiger charge is -2.12. The van der Waals surface area contributed by atoms with E-state index in [1.165, 1.54) is 0 Å². The number of rotatable bonds is 10. The van der Waals surface area contributed by atoms with E-state index in [1.54, 1.807) is 25.1 Å². The molecule has 0 N–H and O–H groups in total. The smallest absolute Gasteiger partial charge is 0.494 e. The molecule has 1 fully saturated rings. The van der Waals surface area contributed by atoms with Gasteiger partial charge < -0.3 is 18.9 Å². The molecule has 0 aliphatic carbocycles. The molecule has 0 bridgehead atoms. The Morgan fingerprint density at radius 2 is 1.96 bits per heavy atom. The molecule has 0 spiro atoms. The van der Waals surface area contributed by atoms with Gasteiger partial charge in [-0.2, -0.15) is 0 Å². The molecule has 5 nitrogen and oxygen atoms in total. The summed E-state index contributed by atoms with van der Waals surface area (Å²) in [5.74, 6) is -0.0272. The molecule has 0 aromatic heterocycles. The largest absolute Gasteiger partial charge is 0.510 e. The van der Waals surface area contributed by atoms with E-state index in [0.717, 1.165) is 31.4 Å². The highest BCUT2D eigenvalue weighted by Gasteiger charge is 2.49. The van der Waals surface area contributed by atoms with Gasteiger partial charge in [0.1, 0.15) is 12.4 Å². The maximum atomic E-state index is 11.3. The summed E-state index contributed by atoms with van der Waals surface area (Å²) in [7, 11) is 0. The second-order valence-electron chi connectivity index (χ2n) is 5.57. The molecule has 2 rings (SSSR count). The van der Waals surface area contributed by atoms with Crippen LogP contribution >= 0.6 is 23.2 Å². The Labute approximate surface area is 152 Å². The predicted molar refractivity (Wildman–Crippen MR) is 91.8 cm³/mol. The maximum absolute atomic E-state index is 11.3. The lowest BCUT2D eigenvalue weighted by Crippen LogP contribution is -2.22. The molecule has 1 saturated heterocycles. The number of epoxide rings is 1. The number of ether oxygens (including phenoxy) is 4. The van der Waals surface area contributed by atoms with Crippen molar-refractivity contribution >= 4 is 29.4 Å². The summed E-state index contributed by atoms with van der Waals surface area (Å²) in [6.07, 6.45) is 3.93. The first-order valence-corrected chi connectivity index (χ1v) is 8.88. The second-order valence-corrected chi connectivity index (χ2v) is 6.39. The second kappa shape index (κ2) is 9.35. The van der Waals surface area contributed by atoms with Crippen LogP contribution in [0.25, 0.3) is 0 Å². The van der Waals surface area contributed by atoms with Gasteiger partial charge in [-0.15, -0.1) is 0 Å².